The van der Waals surface area contributed by atoms with Crippen LogP contribution in [-0.4, -0.2) is 17.8 Å². The largest absolute Gasteiger partial charge is 0.423 e. The zero-order valence-corrected chi connectivity index (χ0v) is 15.7. The van der Waals surface area contributed by atoms with E-state index in [2.05, 4.69) is 4.99 Å². The molecule has 1 heterocycles. The van der Waals surface area contributed by atoms with Crippen molar-refractivity contribution in [3.8, 4) is 5.75 Å². The Kier molecular flexibility index (Phi) is 5.03. The maximum Gasteiger partial charge on any atom is 0.363 e. The molecule has 0 bridgehead atoms. The third kappa shape index (κ3) is 4.30. The Hall–Kier alpha value is -3.99. The molecule has 1 aliphatic rings. The van der Waals surface area contributed by atoms with Gasteiger partial charge >= 0.3 is 11.9 Å². The van der Waals surface area contributed by atoms with E-state index in [0.29, 0.717) is 17.2 Å². The van der Waals surface area contributed by atoms with Crippen molar-refractivity contribution >= 4 is 23.9 Å². The number of aryl methyl sites for hydroxylation is 1. The summed E-state index contributed by atoms with van der Waals surface area (Å²) in [6.45, 7) is 1.96. The van der Waals surface area contributed by atoms with Crippen LogP contribution >= 0.6 is 0 Å². The summed E-state index contributed by atoms with van der Waals surface area (Å²) in [6.07, 6.45) is 1.63. The highest BCUT2D eigenvalue weighted by atomic mass is 16.6. The Bertz CT molecular complexity index is 1130. The number of hydrogen-bond acceptors (Lipinski definition) is 5. The summed E-state index contributed by atoms with van der Waals surface area (Å²) in [5.41, 5.74) is 3.25. The first-order valence-corrected chi connectivity index (χ1v) is 9.05. The standard InChI is InChI=1S/C24H17NO4/c1-16-6-5-9-19(14-16)22-25-21(24(27)29-22)15-17-10-12-20(13-11-17)28-23(26)18-7-3-2-4-8-18/h2-15H,1H3. The molecule has 0 spiro atoms. The van der Waals surface area contributed by atoms with Gasteiger partial charge in [0, 0.05) is 5.56 Å². The zero-order valence-electron chi connectivity index (χ0n) is 15.7. The van der Waals surface area contributed by atoms with E-state index in [1.807, 2.05) is 37.3 Å². The molecule has 3 aromatic rings. The van der Waals surface area contributed by atoms with Crippen molar-refractivity contribution in [1.82, 2.24) is 0 Å². The highest BCUT2D eigenvalue weighted by Crippen LogP contribution is 2.21. The first-order valence-electron chi connectivity index (χ1n) is 9.05. The topological polar surface area (TPSA) is 65.0 Å². The van der Waals surface area contributed by atoms with E-state index in [-0.39, 0.29) is 5.70 Å². The average molecular weight is 383 g/mol. The monoisotopic (exact) mass is 383 g/mol. The summed E-state index contributed by atoms with van der Waals surface area (Å²) in [5, 5.41) is 0. The van der Waals surface area contributed by atoms with Crippen LogP contribution in [-0.2, 0) is 9.53 Å². The Morgan fingerprint density at radius 1 is 0.966 bits per heavy atom. The molecule has 0 radical (unpaired) electrons. The minimum Gasteiger partial charge on any atom is -0.423 e. The summed E-state index contributed by atoms with van der Waals surface area (Å²) in [7, 11) is 0. The maximum absolute atomic E-state index is 12.1. The maximum atomic E-state index is 12.1. The van der Waals surface area contributed by atoms with Crippen molar-refractivity contribution in [2.45, 2.75) is 6.92 Å². The molecule has 29 heavy (non-hydrogen) atoms. The normalized spacial score (nSPS) is 14.4. The molecule has 5 heteroatoms. The van der Waals surface area contributed by atoms with Crippen LogP contribution in [0.5, 0.6) is 5.75 Å². The van der Waals surface area contributed by atoms with Crippen molar-refractivity contribution in [2.24, 2.45) is 4.99 Å². The lowest BCUT2D eigenvalue weighted by molar-refractivity contribution is -0.129. The molecule has 0 amide bonds. The van der Waals surface area contributed by atoms with Gasteiger partial charge < -0.3 is 9.47 Å². The van der Waals surface area contributed by atoms with E-state index in [4.69, 9.17) is 9.47 Å². The summed E-state index contributed by atoms with van der Waals surface area (Å²) in [6, 6.07) is 23.2. The molecule has 5 nitrogen and oxygen atoms in total. The van der Waals surface area contributed by atoms with Gasteiger partial charge in [-0.05, 0) is 55.0 Å². The molecule has 0 aromatic heterocycles. The van der Waals surface area contributed by atoms with Crippen LogP contribution in [0.25, 0.3) is 6.08 Å². The molecule has 0 atom stereocenters. The third-order valence-corrected chi connectivity index (χ3v) is 4.29. The Morgan fingerprint density at radius 3 is 2.45 bits per heavy atom. The minimum absolute atomic E-state index is 0.218. The number of cyclic esters (lactones) is 1. The van der Waals surface area contributed by atoms with E-state index < -0.39 is 11.9 Å². The van der Waals surface area contributed by atoms with E-state index in [0.717, 1.165) is 16.7 Å². The van der Waals surface area contributed by atoms with Crippen molar-refractivity contribution in [1.29, 1.82) is 0 Å². The fourth-order valence-corrected chi connectivity index (χ4v) is 2.84. The van der Waals surface area contributed by atoms with Crippen LogP contribution in [0.4, 0.5) is 0 Å². The van der Waals surface area contributed by atoms with Gasteiger partial charge in [0.2, 0.25) is 5.90 Å². The second-order valence-corrected chi connectivity index (χ2v) is 6.53. The van der Waals surface area contributed by atoms with Crippen LogP contribution < -0.4 is 4.74 Å². The summed E-state index contributed by atoms with van der Waals surface area (Å²) in [4.78, 5) is 28.6. The number of rotatable bonds is 4. The molecule has 0 saturated carbocycles. The van der Waals surface area contributed by atoms with Crippen molar-refractivity contribution in [3.63, 3.8) is 0 Å². The first kappa shape index (κ1) is 18.4. The Labute approximate surface area is 167 Å². The summed E-state index contributed by atoms with van der Waals surface area (Å²) >= 11 is 0. The zero-order chi connectivity index (χ0) is 20.2. The number of carbonyl (C=O) groups is 2. The van der Waals surface area contributed by atoms with E-state index >= 15 is 0 Å². The molecule has 0 aliphatic carbocycles. The van der Waals surface area contributed by atoms with Gasteiger partial charge in [0.15, 0.2) is 5.70 Å². The van der Waals surface area contributed by atoms with Gasteiger partial charge in [-0.3, -0.25) is 0 Å². The number of hydrogen-bond donors (Lipinski definition) is 0. The van der Waals surface area contributed by atoms with Gasteiger partial charge in [-0.15, -0.1) is 0 Å². The quantitative estimate of drug-likeness (QED) is 0.376. The van der Waals surface area contributed by atoms with Crippen LogP contribution in [0.1, 0.15) is 27.0 Å². The molecule has 0 unspecified atom stereocenters. The summed E-state index contributed by atoms with van der Waals surface area (Å²) in [5.74, 6) is -0.220. The second-order valence-electron chi connectivity index (χ2n) is 6.53. The van der Waals surface area contributed by atoms with E-state index in [1.165, 1.54) is 0 Å². The number of carbonyl (C=O) groups excluding carboxylic acids is 2. The molecule has 0 fully saturated rings. The van der Waals surface area contributed by atoms with Crippen LogP contribution in [0.3, 0.4) is 0 Å². The minimum atomic E-state index is -0.499. The average Bonchev–Trinajstić information content (AvgIpc) is 3.10. The van der Waals surface area contributed by atoms with Gasteiger partial charge in [0.25, 0.3) is 0 Å². The third-order valence-electron chi connectivity index (χ3n) is 4.29. The van der Waals surface area contributed by atoms with Crippen LogP contribution in [0, 0.1) is 6.92 Å². The Morgan fingerprint density at radius 2 is 1.72 bits per heavy atom. The van der Waals surface area contributed by atoms with Crippen molar-refractivity contribution in [3.05, 3.63) is 107 Å². The smallest absolute Gasteiger partial charge is 0.363 e. The van der Waals surface area contributed by atoms with Gasteiger partial charge in [-0.1, -0.05) is 48.0 Å². The first-order chi connectivity index (χ1) is 14.1. The van der Waals surface area contributed by atoms with Crippen molar-refractivity contribution in [2.75, 3.05) is 0 Å². The molecular weight excluding hydrogens is 366 g/mol. The molecule has 142 valence electrons. The fraction of sp³-hybridized carbons (Fsp3) is 0.0417. The number of aliphatic imine (C=N–C) groups is 1. The van der Waals surface area contributed by atoms with Gasteiger partial charge in [-0.2, -0.15) is 0 Å². The lowest BCUT2D eigenvalue weighted by Gasteiger charge is -2.04. The van der Waals surface area contributed by atoms with Gasteiger partial charge in [0.05, 0.1) is 5.56 Å². The molecule has 1 aliphatic heterocycles. The molecule has 4 rings (SSSR count). The van der Waals surface area contributed by atoms with Crippen LogP contribution in [0.15, 0.2) is 89.6 Å². The second kappa shape index (κ2) is 7.94. The number of benzene rings is 3. The molecule has 3 aromatic carbocycles. The summed E-state index contributed by atoms with van der Waals surface area (Å²) < 4.78 is 10.6. The predicted octanol–water partition coefficient (Wildman–Crippen LogP) is 4.56. The molecule has 0 saturated heterocycles. The highest BCUT2D eigenvalue weighted by Gasteiger charge is 2.24. The number of nitrogens with zero attached hydrogens (tertiary/aromatic N) is 1. The van der Waals surface area contributed by atoms with Gasteiger partial charge in [-0.25, -0.2) is 14.6 Å². The predicted molar refractivity (Wildman–Crippen MR) is 110 cm³/mol. The van der Waals surface area contributed by atoms with Crippen LogP contribution in [0.2, 0.25) is 0 Å². The van der Waals surface area contributed by atoms with E-state index in [1.54, 1.807) is 54.6 Å². The molecule has 0 N–H and O–H groups in total. The lowest BCUT2D eigenvalue weighted by Crippen LogP contribution is -2.07. The van der Waals surface area contributed by atoms with E-state index in [9.17, 15) is 9.59 Å². The van der Waals surface area contributed by atoms with Gasteiger partial charge in [0.1, 0.15) is 5.75 Å². The highest BCUT2D eigenvalue weighted by molar-refractivity contribution is 6.12. The lowest BCUT2D eigenvalue weighted by atomic mass is 10.1. The fourth-order valence-electron chi connectivity index (χ4n) is 2.84. The molecular formula is C24H17NO4. The Balaban J connectivity index is 1.50. The van der Waals surface area contributed by atoms with Crippen molar-refractivity contribution < 1.29 is 19.1 Å². The number of ether oxygens (including phenoxy) is 2. The number of esters is 2. The SMILES string of the molecule is Cc1cccc(C2=NC(=Cc3ccc(OC(=O)c4ccccc4)cc3)C(=O)O2)c1.